The molecule has 0 bridgehead atoms. The fourth-order valence-corrected chi connectivity index (χ4v) is 1.75. The lowest BCUT2D eigenvalue weighted by Crippen LogP contribution is -2.23. The van der Waals surface area contributed by atoms with Gasteiger partial charge in [0.05, 0.1) is 13.5 Å². The number of nitrogens with one attached hydrogen (secondary N) is 1. The molecule has 4 heteroatoms. The number of benzene rings is 1. The van der Waals surface area contributed by atoms with E-state index in [2.05, 4.69) is 4.98 Å². The molecule has 0 aliphatic rings. The zero-order chi connectivity index (χ0) is 12.4. The third-order valence-electron chi connectivity index (χ3n) is 2.82. The summed E-state index contributed by atoms with van der Waals surface area (Å²) in [6.45, 7) is 0. The molecule has 0 saturated carbocycles. The van der Waals surface area contributed by atoms with E-state index in [4.69, 9.17) is 4.74 Å². The average Bonchev–Trinajstić information content (AvgIpc) is 2.71. The molecular formula is C13H16N2O2. The van der Waals surface area contributed by atoms with Gasteiger partial charge in [-0.15, -0.1) is 0 Å². The van der Waals surface area contributed by atoms with Gasteiger partial charge in [-0.1, -0.05) is 0 Å². The van der Waals surface area contributed by atoms with Crippen LogP contribution in [0.3, 0.4) is 0 Å². The number of carbonyl (C=O) groups excluding carboxylic acids is 1. The number of H-pyrrole nitrogens is 1. The summed E-state index contributed by atoms with van der Waals surface area (Å²) >= 11 is 0. The highest BCUT2D eigenvalue weighted by Crippen LogP contribution is 2.24. The lowest BCUT2D eigenvalue weighted by Gasteiger charge is -2.09. The molecule has 0 radical (unpaired) electrons. The second kappa shape index (κ2) is 4.49. The monoisotopic (exact) mass is 232 g/mol. The number of nitrogens with zero attached hydrogens (tertiary/aromatic N) is 1. The predicted octanol–water partition coefficient (Wildman–Crippen LogP) is 1.81. The quantitative estimate of drug-likeness (QED) is 0.877. The van der Waals surface area contributed by atoms with Gasteiger partial charge in [-0.2, -0.15) is 0 Å². The Morgan fingerprint density at radius 2 is 2.18 bits per heavy atom. The first-order valence-corrected chi connectivity index (χ1v) is 5.46. The van der Waals surface area contributed by atoms with Crippen molar-refractivity contribution >= 4 is 16.8 Å². The van der Waals surface area contributed by atoms with E-state index in [9.17, 15) is 4.79 Å². The van der Waals surface area contributed by atoms with Crippen LogP contribution in [0.4, 0.5) is 0 Å². The van der Waals surface area contributed by atoms with Crippen LogP contribution in [0.25, 0.3) is 10.9 Å². The Morgan fingerprint density at radius 3 is 2.82 bits per heavy atom. The van der Waals surface area contributed by atoms with Crippen LogP contribution in [-0.4, -0.2) is 37.0 Å². The molecule has 0 spiro atoms. The number of ether oxygens (including phenoxy) is 1. The maximum absolute atomic E-state index is 11.7. The minimum atomic E-state index is 0.0914. The van der Waals surface area contributed by atoms with Crippen LogP contribution in [0.1, 0.15) is 5.56 Å². The van der Waals surface area contributed by atoms with Crippen LogP contribution in [0, 0.1) is 0 Å². The Hall–Kier alpha value is -1.97. The standard InChI is InChI=1S/C13H16N2O2/c1-15(2)13(16)6-9-8-14-12-5-4-10(17-3)7-11(9)12/h4-5,7-8,14H,6H2,1-3H3. The third-order valence-corrected chi connectivity index (χ3v) is 2.82. The summed E-state index contributed by atoms with van der Waals surface area (Å²) in [5, 5.41) is 1.04. The van der Waals surface area contributed by atoms with Crippen molar-refractivity contribution in [3.8, 4) is 5.75 Å². The van der Waals surface area contributed by atoms with Crippen LogP contribution in [0.15, 0.2) is 24.4 Å². The van der Waals surface area contributed by atoms with E-state index in [1.165, 1.54) is 0 Å². The maximum atomic E-state index is 11.7. The first-order valence-electron chi connectivity index (χ1n) is 5.46. The second-order valence-electron chi connectivity index (χ2n) is 4.19. The molecule has 1 aromatic carbocycles. The van der Waals surface area contributed by atoms with Crippen molar-refractivity contribution in [3.05, 3.63) is 30.0 Å². The summed E-state index contributed by atoms with van der Waals surface area (Å²) in [7, 11) is 5.16. The Bertz CT molecular complexity index is 543. The Kier molecular flexibility index (Phi) is 3.04. The summed E-state index contributed by atoms with van der Waals surface area (Å²) in [5.41, 5.74) is 2.02. The number of aromatic amines is 1. The molecule has 1 N–H and O–H groups in total. The van der Waals surface area contributed by atoms with E-state index < -0.39 is 0 Å². The van der Waals surface area contributed by atoms with Gasteiger partial charge < -0.3 is 14.6 Å². The van der Waals surface area contributed by atoms with Gasteiger partial charge in [0.15, 0.2) is 0 Å². The molecule has 0 aliphatic heterocycles. The van der Waals surface area contributed by atoms with Gasteiger partial charge in [0.1, 0.15) is 5.75 Å². The van der Waals surface area contributed by atoms with Crippen molar-refractivity contribution in [1.29, 1.82) is 0 Å². The molecule has 17 heavy (non-hydrogen) atoms. The van der Waals surface area contributed by atoms with Gasteiger partial charge in [0, 0.05) is 31.2 Å². The fourth-order valence-electron chi connectivity index (χ4n) is 1.75. The number of methoxy groups -OCH3 is 1. The summed E-state index contributed by atoms with van der Waals surface area (Å²) in [4.78, 5) is 16.4. The van der Waals surface area contributed by atoms with Crippen LogP contribution < -0.4 is 4.74 Å². The lowest BCUT2D eigenvalue weighted by atomic mass is 10.1. The molecule has 1 amide bonds. The molecule has 0 fully saturated rings. The highest BCUT2D eigenvalue weighted by atomic mass is 16.5. The first kappa shape index (κ1) is 11.5. The highest BCUT2D eigenvalue weighted by Gasteiger charge is 2.10. The normalized spacial score (nSPS) is 10.5. The molecule has 4 nitrogen and oxygen atoms in total. The number of rotatable bonds is 3. The van der Waals surface area contributed by atoms with Crippen LogP contribution in [0.5, 0.6) is 5.75 Å². The van der Waals surface area contributed by atoms with Crippen LogP contribution >= 0.6 is 0 Å². The average molecular weight is 232 g/mol. The molecule has 1 aromatic heterocycles. The van der Waals surface area contributed by atoms with Crippen molar-refractivity contribution < 1.29 is 9.53 Å². The number of amides is 1. The topological polar surface area (TPSA) is 45.3 Å². The SMILES string of the molecule is COc1ccc2[nH]cc(CC(=O)N(C)C)c2c1. The molecule has 1 heterocycles. The number of fused-ring (bicyclic) bond motifs is 1. The van der Waals surface area contributed by atoms with E-state index in [0.29, 0.717) is 6.42 Å². The zero-order valence-corrected chi connectivity index (χ0v) is 10.3. The molecule has 0 unspecified atom stereocenters. The molecular weight excluding hydrogens is 216 g/mol. The Morgan fingerprint density at radius 1 is 1.41 bits per heavy atom. The molecule has 2 aromatic rings. The Labute approximate surface area is 100 Å². The van der Waals surface area contributed by atoms with Crippen LogP contribution in [0.2, 0.25) is 0 Å². The van der Waals surface area contributed by atoms with Gasteiger partial charge in [-0.05, 0) is 23.8 Å². The number of likely N-dealkylation sites (N-methyl/N-ethyl adjacent to an activating group) is 1. The van der Waals surface area contributed by atoms with Crippen molar-refractivity contribution in [2.75, 3.05) is 21.2 Å². The smallest absolute Gasteiger partial charge is 0.226 e. The summed E-state index contributed by atoms with van der Waals surface area (Å²) in [5.74, 6) is 0.893. The predicted molar refractivity (Wildman–Crippen MR) is 67.2 cm³/mol. The Balaban J connectivity index is 2.37. The van der Waals surface area contributed by atoms with Gasteiger partial charge in [0.2, 0.25) is 5.91 Å². The zero-order valence-electron chi connectivity index (χ0n) is 10.3. The van der Waals surface area contributed by atoms with Crippen LogP contribution in [-0.2, 0) is 11.2 Å². The molecule has 0 saturated heterocycles. The van der Waals surface area contributed by atoms with E-state index >= 15 is 0 Å². The van der Waals surface area contributed by atoms with Crippen molar-refractivity contribution in [3.63, 3.8) is 0 Å². The largest absolute Gasteiger partial charge is 0.497 e. The lowest BCUT2D eigenvalue weighted by molar-refractivity contribution is -0.127. The van der Waals surface area contributed by atoms with E-state index in [-0.39, 0.29) is 5.91 Å². The van der Waals surface area contributed by atoms with E-state index in [0.717, 1.165) is 22.2 Å². The number of carbonyl (C=O) groups is 1. The number of hydrogen-bond donors (Lipinski definition) is 1. The molecule has 90 valence electrons. The second-order valence-corrected chi connectivity index (χ2v) is 4.19. The van der Waals surface area contributed by atoms with Gasteiger partial charge in [-0.3, -0.25) is 4.79 Å². The highest BCUT2D eigenvalue weighted by molar-refractivity contribution is 5.89. The number of hydrogen-bond acceptors (Lipinski definition) is 2. The van der Waals surface area contributed by atoms with Crippen molar-refractivity contribution in [1.82, 2.24) is 9.88 Å². The third kappa shape index (κ3) is 2.25. The van der Waals surface area contributed by atoms with E-state index in [1.807, 2.05) is 24.4 Å². The molecule has 2 rings (SSSR count). The van der Waals surface area contributed by atoms with Crippen molar-refractivity contribution in [2.24, 2.45) is 0 Å². The minimum absolute atomic E-state index is 0.0914. The minimum Gasteiger partial charge on any atom is -0.497 e. The number of aromatic nitrogens is 1. The van der Waals surface area contributed by atoms with Gasteiger partial charge >= 0.3 is 0 Å². The van der Waals surface area contributed by atoms with Crippen molar-refractivity contribution in [2.45, 2.75) is 6.42 Å². The maximum Gasteiger partial charge on any atom is 0.226 e. The summed E-state index contributed by atoms with van der Waals surface area (Å²) < 4.78 is 5.19. The molecule has 0 atom stereocenters. The summed E-state index contributed by atoms with van der Waals surface area (Å²) in [6, 6.07) is 5.80. The first-order chi connectivity index (χ1) is 8.11. The van der Waals surface area contributed by atoms with E-state index in [1.54, 1.807) is 26.1 Å². The summed E-state index contributed by atoms with van der Waals surface area (Å²) in [6.07, 6.45) is 2.28. The van der Waals surface area contributed by atoms with Gasteiger partial charge in [0.25, 0.3) is 0 Å². The fraction of sp³-hybridized carbons (Fsp3) is 0.308. The van der Waals surface area contributed by atoms with Gasteiger partial charge in [-0.25, -0.2) is 0 Å². The molecule has 0 aliphatic carbocycles.